The number of imidazole rings is 1. The largest absolute Gasteiger partial charge is 0.345 e. The topological polar surface area (TPSA) is 80.7 Å². The van der Waals surface area contributed by atoms with E-state index in [2.05, 4.69) is 16.0 Å². The van der Waals surface area contributed by atoms with Gasteiger partial charge in [-0.05, 0) is 28.8 Å². The molecule has 0 saturated carbocycles. The average molecular weight is 252 g/mol. The maximum absolute atomic E-state index is 6.32. The predicted octanol–water partition coefficient (Wildman–Crippen LogP) is 2.07. The minimum absolute atomic E-state index is 0.154. The van der Waals surface area contributed by atoms with Gasteiger partial charge < -0.3 is 16.5 Å². The fourth-order valence-corrected chi connectivity index (χ4v) is 2.25. The van der Waals surface area contributed by atoms with Gasteiger partial charge in [-0.3, -0.25) is 0 Å². The number of hydrogen-bond donors (Lipinski definition) is 3. The van der Waals surface area contributed by atoms with Gasteiger partial charge in [-0.15, -0.1) is 0 Å². The van der Waals surface area contributed by atoms with E-state index in [0.29, 0.717) is 6.54 Å². The Hall–Kier alpha value is -2.17. The Morgan fingerprint density at radius 2 is 1.95 bits per heavy atom. The van der Waals surface area contributed by atoms with Gasteiger partial charge in [-0.2, -0.15) is 0 Å². The first-order chi connectivity index (χ1) is 9.28. The number of nitrogens with two attached hydrogens (primary N) is 2. The Bertz CT molecular complexity index is 702. The molecule has 4 nitrogen and oxygen atoms in total. The normalized spacial score (nSPS) is 12.7. The summed E-state index contributed by atoms with van der Waals surface area (Å²) < 4.78 is 0. The molecule has 1 unspecified atom stereocenters. The van der Waals surface area contributed by atoms with E-state index in [1.54, 1.807) is 6.33 Å². The number of hydrogen-bond acceptors (Lipinski definition) is 3. The molecule has 3 rings (SSSR count). The summed E-state index contributed by atoms with van der Waals surface area (Å²) in [6.07, 6.45) is 1.69. The first-order valence-electron chi connectivity index (χ1n) is 6.25. The number of nitrogens with zero attached hydrogens (tertiary/aromatic N) is 1. The summed E-state index contributed by atoms with van der Waals surface area (Å²) in [7, 11) is 0. The Labute approximate surface area is 111 Å². The van der Waals surface area contributed by atoms with Gasteiger partial charge in [0.05, 0.1) is 23.4 Å². The van der Waals surface area contributed by atoms with Crippen molar-refractivity contribution in [1.29, 1.82) is 0 Å². The number of rotatable bonds is 3. The van der Waals surface area contributed by atoms with Crippen LogP contribution in [0.2, 0.25) is 0 Å². The number of H-pyrrole nitrogens is 1. The van der Waals surface area contributed by atoms with E-state index in [1.165, 1.54) is 0 Å². The molecule has 96 valence electrons. The molecule has 1 aromatic heterocycles. The van der Waals surface area contributed by atoms with Crippen LogP contribution in [0.5, 0.6) is 0 Å². The molecule has 4 heteroatoms. The second-order valence-corrected chi connectivity index (χ2v) is 4.61. The van der Waals surface area contributed by atoms with E-state index in [0.717, 1.165) is 27.7 Å². The maximum Gasteiger partial charge on any atom is 0.0931 e. The van der Waals surface area contributed by atoms with Gasteiger partial charge in [0.15, 0.2) is 0 Å². The van der Waals surface area contributed by atoms with Gasteiger partial charge in [-0.25, -0.2) is 4.98 Å². The zero-order chi connectivity index (χ0) is 13.2. The summed E-state index contributed by atoms with van der Waals surface area (Å²) in [5.41, 5.74) is 17.2. The monoisotopic (exact) mass is 252 g/mol. The average Bonchev–Trinajstić information content (AvgIpc) is 2.94. The second-order valence-electron chi connectivity index (χ2n) is 4.61. The van der Waals surface area contributed by atoms with Crippen molar-refractivity contribution >= 4 is 11.0 Å². The molecule has 19 heavy (non-hydrogen) atoms. The van der Waals surface area contributed by atoms with E-state index in [-0.39, 0.29) is 6.04 Å². The van der Waals surface area contributed by atoms with Gasteiger partial charge >= 0.3 is 0 Å². The van der Waals surface area contributed by atoms with E-state index in [9.17, 15) is 0 Å². The van der Waals surface area contributed by atoms with Gasteiger partial charge in [0.2, 0.25) is 0 Å². The lowest BCUT2D eigenvalue weighted by Crippen LogP contribution is -2.12. The van der Waals surface area contributed by atoms with Crippen LogP contribution in [0.4, 0.5) is 0 Å². The molecule has 0 bridgehead atoms. The molecule has 0 aliphatic carbocycles. The van der Waals surface area contributed by atoms with Crippen molar-refractivity contribution in [3.63, 3.8) is 0 Å². The van der Waals surface area contributed by atoms with Crippen LogP contribution in [0.25, 0.3) is 11.0 Å². The van der Waals surface area contributed by atoms with Crippen molar-refractivity contribution in [1.82, 2.24) is 9.97 Å². The summed E-state index contributed by atoms with van der Waals surface area (Å²) in [5.74, 6) is 0. The standard InChI is InChI=1S/C15H16N4/c16-8-10-2-1-3-11(6-10)15(17)12-4-5-13-14(7-12)19-9-18-13/h1-7,9,15H,8,16-17H2,(H,18,19). The lowest BCUT2D eigenvalue weighted by molar-refractivity contribution is 0.867. The lowest BCUT2D eigenvalue weighted by Gasteiger charge is -2.13. The van der Waals surface area contributed by atoms with Gasteiger partial charge in [-0.1, -0.05) is 30.3 Å². The smallest absolute Gasteiger partial charge is 0.0931 e. The molecule has 0 amide bonds. The SMILES string of the molecule is NCc1cccc(C(N)c2ccc3nc[nH]c3c2)c1. The molecular formula is C15H16N4. The molecule has 2 aromatic carbocycles. The molecule has 1 heterocycles. The van der Waals surface area contributed by atoms with Crippen LogP contribution in [-0.4, -0.2) is 9.97 Å². The third-order valence-electron chi connectivity index (χ3n) is 3.35. The Morgan fingerprint density at radius 3 is 2.79 bits per heavy atom. The highest BCUT2D eigenvalue weighted by atomic mass is 14.9. The first-order valence-corrected chi connectivity index (χ1v) is 6.25. The quantitative estimate of drug-likeness (QED) is 0.667. The fourth-order valence-electron chi connectivity index (χ4n) is 2.25. The first kappa shape index (κ1) is 11.9. The Morgan fingerprint density at radius 1 is 1.11 bits per heavy atom. The molecule has 0 aliphatic rings. The molecule has 1 atom stereocenters. The summed E-state index contributed by atoms with van der Waals surface area (Å²) in [6, 6.07) is 14.0. The van der Waals surface area contributed by atoms with Crippen LogP contribution >= 0.6 is 0 Å². The van der Waals surface area contributed by atoms with Gasteiger partial charge in [0.1, 0.15) is 0 Å². The van der Waals surface area contributed by atoms with E-state index in [1.807, 2.05) is 36.4 Å². The maximum atomic E-state index is 6.32. The van der Waals surface area contributed by atoms with E-state index >= 15 is 0 Å². The third kappa shape index (κ3) is 2.23. The lowest BCUT2D eigenvalue weighted by atomic mass is 9.97. The number of fused-ring (bicyclic) bond motifs is 1. The van der Waals surface area contributed by atoms with Crippen molar-refractivity contribution in [2.24, 2.45) is 11.5 Å². The number of aromatic amines is 1. The summed E-state index contributed by atoms with van der Waals surface area (Å²) in [5, 5.41) is 0. The highest BCUT2D eigenvalue weighted by Gasteiger charge is 2.10. The molecule has 0 fully saturated rings. The Balaban J connectivity index is 1.99. The number of aromatic nitrogens is 2. The fraction of sp³-hybridized carbons (Fsp3) is 0.133. The molecule has 0 saturated heterocycles. The summed E-state index contributed by atoms with van der Waals surface area (Å²) in [6.45, 7) is 0.528. The minimum atomic E-state index is -0.154. The molecule has 0 radical (unpaired) electrons. The molecular weight excluding hydrogens is 236 g/mol. The predicted molar refractivity (Wildman–Crippen MR) is 76.5 cm³/mol. The molecule has 0 aliphatic heterocycles. The van der Waals surface area contributed by atoms with Crippen LogP contribution in [-0.2, 0) is 6.54 Å². The van der Waals surface area contributed by atoms with Crippen LogP contribution in [0.15, 0.2) is 48.8 Å². The highest BCUT2D eigenvalue weighted by molar-refractivity contribution is 5.75. The Kier molecular flexibility index (Phi) is 3.03. The van der Waals surface area contributed by atoms with Crippen LogP contribution < -0.4 is 11.5 Å². The second kappa shape index (κ2) is 4.84. The zero-order valence-electron chi connectivity index (χ0n) is 10.5. The van der Waals surface area contributed by atoms with Gasteiger partial charge in [0, 0.05) is 6.54 Å². The third-order valence-corrected chi connectivity index (χ3v) is 3.35. The van der Waals surface area contributed by atoms with Crippen LogP contribution in [0.3, 0.4) is 0 Å². The molecule has 3 aromatic rings. The summed E-state index contributed by atoms with van der Waals surface area (Å²) in [4.78, 5) is 7.31. The van der Waals surface area contributed by atoms with Crippen molar-refractivity contribution < 1.29 is 0 Å². The van der Waals surface area contributed by atoms with E-state index < -0.39 is 0 Å². The van der Waals surface area contributed by atoms with E-state index in [4.69, 9.17) is 11.5 Å². The highest BCUT2D eigenvalue weighted by Crippen LogP contribution is 2.23. The molecule has 0 spiro atoms. The zero-order valence-corrected chi connectivity index (χ0v) is 10.5. The van der Waals surface area contributed by atoms with Crippen LogP contribution in [0, 0.1) is 0 Å². The van der Waals surface area contributed by atoms with Crippen LogP contribution in [0.1, 0.15) is 22.7 Å². The number of benzene rings is 2. The minimum Gasteiger partial charge on any atom is -0.345 e. The van der Waals surface area contributed by atoms with Gasteiger partial charge in [0.25, 0.3) is 0 Å². The summed E-state index contributed by atoms with van der Waals surface area (Å²) >= 11 is 0. The van der Waals surface area contributed by atoms with Crippen molar-refractivity contribution in [2.45, 2.75) is 12.6 Å². The van der Waals surface area contributed by atoms with Crippen molar-refractivity contribution in [3.05, 3.63) is 65.5 Å². The van der Waals surface area contributed by atoms with Crippen molar-refractivity contribution in [2.75, 3.05) is 0 Å². The number of nitrogens with one attached hydrogen (secondary N) is 1. The van der Waals surface area contributed by atoms with Crippen molar-refractivity contribution in [3.8, 4) is 0 Å². The molecule has 5 N–H and O–H groups in total.